The number of hydrogen-bond acceptors (Lipinski definition) is 25. The number of rotatable bonds is 11. The standard InChI is InChI=1S/C32H35F2N7O5.C27H27F2N7O3.2C20H23F2N3O3/c1-32(2,3)46-30(43)38-25-20(19-6-4-7-21(33)24(19)34)9-10-23(26-27(25)36-15-14-35-26)45-31(44)40-16-11-18(12-17-40)41-22-8-5-13-37-28(22)39-29(41)42;28-18-4-1-3-16(21(18)29)17-6-7-20(23-24(22(17)30)32-12-11-31-23)39-27(38)35-13-8-15(9-14-35)36-19-5-2-10-33-25(19)34-26(36)37;2*1-20(2,3)28-19(27)25-16-12(11-5-4-6-13(21)15(11)22)7-8-14(26)17-18(16)24-10-9-23-17/h4-8,13-15,18,20,23,25H,9-12,16-17H2,1-3H3,(H,38,43)(H,37,39,42);1-5,10-12,15,17,20,22H,6-9,13-14,30H2,(H,33,34,37);2*4-6,9-10,12,14,16,26H,7-8H2,1-3H3,(H,25,27)/t20-,23+,25-;17-,20+,22-;12-,14+,16-;12-,14-,16-/m0000/s1. The molecule has 34 nitrogen and oxygen atoms in total. The zero-order valence-electron chi connectivity index (χ0n) is 78.6. The van der Waals surface area contributed by atoms with E-state index in [0.29, 0.717) is 134 Å². The van der Waals surface area contributed by atoms with E-state index < -0.39 is 166 Å². The number of imidazole rings is 2. The molecule has 744 valence electrons. The van der Waals surface area contributed by atoms with Gasteiger partial charge in [-0.2, -0.15) is 0 Å². The van der Waals surface area contributed by atoms with Gasteiger partial charge in [0, 0.05) is 124 Å². The molecule has 0 spiro atoms. The molecular weight excluding hydrogens is 1850 g/mol. The van der Waals surface area contributed by atoms with Gasteiger partial charge in [-0.1, -0.05) is 48.5 Å². The number of aromatic nitrogens is 14. The third kappa shape index (κ3) is 23.4. The first-order valence-electron chi connectivity index (χ1n) is 46.4. The number of aliphatic hydroxyl groups is 2. The lowest BCUT2D eigenvalue weighted by Gasteiger charge is -2.32. The molecule has 4 aromatic carbocycles. The van der Waals surface area contributed by atoms with Crippen LogP contribution in [-0.4, -0.2) is 162 Å². The Morgan fingerprint density at radius 1 is 0.355 bits per heavy atom. The summed E-state index contributed by atoms with van der Waals surface area (Å²) in [5, 5.41) is 29.2. The van der Waals surface area contributed by atoms with Crippen LogP contribution >= 0.6 is 0 Å². The predicted molar refractivity (Wildman–Crippen MR) is 493 cm³/mol. The number of nitrogens with one attached hydrogen (secondary N) is 5. The summed E-state index contributed by atoms with van der Waals surface area (Å²) in [7, 11) is 0. The van der Waals surface area contributed by atoms with Crippen molar-refractivity contribution < 1.29 is 93.0 Å². The van der Waals surface area contributed by atoms with Gasteiger partial charge in [-0.3, -0.25) is 59.0 Å². The van der Waals surface area contributed by atoms with E-state index in [-0.39, 0.29) is 77.1 Å². The van der Waals surface area contributed by atoms with E-state index in [4.69, 9.17) is 29.4 Å². The quantitative estimate of drug-likeness (QED) is 0.0339. The number of H-pyrrole nitrogens is 2. The van der Waals surface area contributed by atoms with E-state index in [0.717, 1.165) is 29.8 Å². The van der Waals surface area contributed by atoms with Crippen molar-refractivity contribution in [2.45, 2.75) is 241 Å². The van der Waals surface area contributed by atoms with Crippen molar-refractivity contribution in [1.82, 2.24) is 94.7 Å². The lowest BCUT2D eigenvalue weighted by molar-refractivity contribution is 0.0463. The predicted octanol–water partition coefficient (Wildman–Crippen LogP) is 17.2. The normalized spacial score (nSPS) is 21.6. The number of likely N-dealkylation sites (tertiary alicyclic amines) is 2. The molecule has 5 amide bonds. The average Bonchev–Trinajstić information content (AvgIpc) is 1.71. The molecule has 6 aliphatic rings. The zero-order valence-corrected chi connectivity index (χ0v) is 78.6. The Labute approximate surface area is 803 Å². The molecule has 0 radical (unpaired) electrons. The highest BCUT2D eigenvalue weighted by Gasteiger charge is 2.45. The van der Waals surface area contributed by atoms with Crippen LogP contribution in [0, 0.1) is 46.5 Å². The molecule has 12 aromatic rings. The first kappa shape index (κ1) is 101. The van der Waals surface area contributed by atoms with Crippen LogP contribution in [0.15, 0.2) is 169 Å². The van der Waals surface area contributed by atoms with Gasteiger partial charge in [0.1, 0.15) is 40.4 Å². The van der Waals surface area contributed by atoms with E-state index >= 15 is 4.39 Å². The largest absolute Gasteiger partial charge is 0.444 e. The summed E-state index contributed by atoms with van der Waals surface area (Å²) in [5.41, 5.74) is 9.30. The summed E-state index contributed by atoms with van der Waals surface area (Å²) in [5.74, 6) is -10.5. The maximum Gasteiger partial charge on any atom is 0.410 e. The fourth-order valence-corrected chi connectivity index (χ4v) is 19.0. The molecule has 2 saturated heterocycles. The van der Waals surface area contributed by atoms with E-state index in [1.54, 1.807) is 106 Å². The topological polar surface area (TPSA) is 445 Å². The first-order chi connectivity index (χ1) is 67.3. The van der Waals surface area contributed by atoms with Gasteiger partial charge >= 0.3 is 41.8 Å². The number of aliphatic hydroxyl groups excluding tert-OH is 2. The Balaban J connectivity index is 0.000000145. The lowest BCUT2D eigenvalue weighted by atomic mass is 9.86. The molecule has 18 rings (SSSR count). The number of nitrogens with two attached hydrogens (primary N) is 1. The summed E-state index contributed by atoms with van der Waals surface area (Å²) < 4.78 is 147. The van der Waals surface area contributed by atoms with E-state index in [9.17, 15) is 74.5 Å². The van der Waals surface area contributed by atoms with Crippen molar-refractivity contribution in [2.75, 3.05) is 26.2 Å². The third-order valence-corrected chi connectivity index (χ3v) is 25.3. The number of piperidine rings is 2. The number of hydrogen-bond donors (Lipinski definition) is 8. The zero-order chi connectivity index (χ0) is 101. The molecule has 8 aromatic heterocycles. The van der Waals surface area contributed by atoms with Crippen LogP contribution in [0.4, 0.5) is 59.1 Å². The monoisotopic (exact) mass is 1950 g/mol. The number of carbonyl (C=O) groups excluding carboxylic acids is 5. The summed E-state index contributed by atoms with van der Waals surface area (Å²) in [6.45, 7) is 17.0. The van der Waals surface area contributed by atoms with Crippen LogP contribution in [0.2, 0.25) is 0 Å². The minimum Gasteiger partial charge on any atom is -0.444 e. The number of alkyl carbamates (subject to hydrolysis) is 3. The average molecular weight is 1950 g/mol. The summed E-state index contributed by atoms with van der Waals surface area (Å²) in [6.07, 6.45) is 12.5. The van der Waals surface area contributed by atoms with E-state index in [2.05, 4.69) is 75.8 Å². The molecule has 12 atom stereocenters. The molecule has 0 bridgehead atoms. The maximum atomic E-state index is 15.2. The molecule has 141 heavy (non-hydrogen) atoms. The van der Waals surface area contributed by atoms with Gasteiger partial charge in [0.25, 0.3) is 0 Å². The fraction of sp³-hybridized carbons (Fsp3) is 0.424. The highest BCUT2D eigenvalue weighted by Crippen LogP contribution is 2.49. The van der Waals surface area contributed by atoms with Gasteiger partial charge in [-0.25, -0.2) is 78.7 Å². The van der Waals surface area contributed by atoms with Crippen LogP contribution in [-0.2, 0) is 23.7 Å². The first-order valence-corrected chi connectivity index (χ1v) is 46.4. The van der Waals surface area contributed by atoms with Gasteiger partial charge in [-0.15, -0.1) is 0 Å². The highest BCUT2D eigenvalue weighted by molar-refractivity contribution is 5.73. The third-order valence-electron chi connectivity index (χ3n) is 25.3. The number of benzene rings is 4. The summed E-state index contributed by atoms with van der Waals surface area (Å²) in [6, 6.07) is 19.4. The van der Waals surface area contributed by atoms with Gasteiger partial charge in [0.2, 0.25) is 0 Å². The SMILES string of the molecule is CC(C)(C)OC(=O)N[C@@H]1c2nccnc2[C@@H](O)CC[C@H]1c1cccc(F)c1F.CC(C)(C)OC(=O)N[C@@H]1c2nccnc2[C@H](O)CC[C@H]1c1cccc(F)c1F.CC(C)(C)OC(=O)N[C@@H]1c2nccnc2[C@H](OC(=O)N2CCC(n3c(=O)[nH]c4ncccc43)CC2)CC[C@H]1c1cccc(F)c1F.N[C@@H]1c2nccnc2[C@H](OC(=O)N2CCC(n3c(=O)[nH]c4ncccc43)CC2)CC[C@H]1c1cccc(F)c1F. The van der Waals surface area contributed by atoms with Crippen LogP contribution in [0.1, 0.15) is 292 Å². The lowest BCUT2D eigenvalue weighted by Crippen LogP contribution is -2.41. The Bertz CT molecular complexity index is 6520. The van der Waals surface area contributed by atoms with Gasteiger partial charge in [-0.05, 0) is 210 Å². The van der Waals surface area contributed by atoms with Crippen molar-refractivity contribution in [3.8, 4) is 0 Å². The van der Waals surface area contributed by atoms with Gasteiger partial charge in [0.05, 0.1) is 81.6 Å². The minimum atomic E-state index is -1.03. The van der Waals surface area contributed by atoms with Crippen LogP contribution in [0.3, 0.4) is 0 Å². The maximum absolute atomic E-state index is 15.2. The molecule has 10 heterocycles. The summed E-state index contributed by atoms with van der Waals surface area (Å²) in [4.78, 5) is 142. The molecular formula is C99H108F8N20O14. The number of aromatic amines is 2. The Morgan fingerprint density at radius 2 is 0.638 bits per heavy atom. The fourth-order valence-electron chi connectivity index (χ4n) is 19.0. The second-order valence-electron chi connectivity index (χ2n) is 38.1. The van der Waals surface area contributed by atoms with E-state index in [1.807, 2.05) is 12.1 Å². The van der Waals surface area contributed by atoms with Crippen molar-refractivity contribution in [3.05, 3.63) is 294 Å². The molecule has 9 N–H and O–H groups in total. The number of carbonyl (C=O) groups is 5. The Hall–Kier alpha value is -14.3. The number of pyridine rings is 2. The molecule has 0 saturated carbocycles. The van der Waals surface area contributed by atoms with E-state index in [1.165, 1.54) is 98.1 Å². The smallest absolute Gasteiger partial charge is 0.410 e. The Kier molecular flexibility index (Phi) is 31.0. The highest BCUT2D eigenvalue weighted by atomic mass is 19.2. The van der Waals surface area contributed by atoms with Crippen molar-refractivity contribution in [1.29, 1.82) is 0 Å². The molecule has 0 unspecified atom stereocenters. The minimum absolute atomic E-state index is 0.0504. The van der Waals surface area contributed by atoms with Crippen LogP contribution < -0.4 is 33.1 Å². The second-order valence-corrected chi connectivity index (χ2v) is 38.1. The number of ether oxygens (including phenoxy) is 5. The second kappa shape index (κ2) is 43.2. The molecule has 4 aliphatic carbocycles. The number of halogens is 8. The number of fused-ring (bicyclic) bond motifs is 6. The van der Waals surface area contributed by atoms with Gasteiger partial charge < -0.3 is 65.4 Å². The van der Waals surface area contributed by atoms with Crippen LogP contribution in [0.25, 0.3) is 22.3 Å². The Morgan fingerprint density at radius 3 is 0.972 bits per heavy atom. The van der Waals surface area contributed by atoms with Crippen molar-refractivity contribution in [3.63, 3.8) is 0 Å². The number of amides is 5. The van der Waals surface area contributed by atoms with Crippen molar-refractivity contribution >= 4 is 52.8 Å². The summed E-state index contributed by atoms with van der Waals surface area (Å²) >= 11 is 0. The molecule has 2 aliphatic heterocycles. The van der Waals surface area contributed by atoms with Crippen molar-refractivity contribution in [2.24, 2.45) is 5.73 Å². The van der Waals surface area contributed by atoms with Gasteiger partial charge in [0.15, 0.2) is 57.8 Å². The van der Waals surface area contributed by atoms with Crippen LogP contribution in [0.5, 0.6) is 0 Å². The number of nitrogens with zero attached hydrogens (tertiary/aromatic N) is 14. The molecule has 42 heteroatoms. The molecule has 2 fully saturated rings.